The highest BCUT2D eigenvalue weighted by Gasteiger charge is 2.24. The van der Waals surface area contributed by atoms with Crippen LogP contribution in [0.15, 0.2) is 34.7 Å². The Labute approximate surface area is 186 Å². The molecule has 0 bridgehead atoms. The Morgan fingerprint density at radius 1 is 1.03 bits per heavy atom. The zero-order valence-corrected chi connectivity index (χ0v) is 18.6. The molecule has 2 aliphatic rings. The highest BCUT2D eigenvalue weighted by molar-refractivity contribution is 5.66. The van der Waals surface area contributed by atoms with Crippen LogP contribution in [0.2, 0.25) is 0 Å². The molecule has 0 fully saturated rings. The van der Waals surface area contributed by atoms with Gasteiger partial charge >= 0.3 is 0 Å². The molecule has 8 heteroatoms. The lowest BCUT2D eigenvalue weighted by Gasteiger charge is -2.26. The van der Waals surface area contributed by atoms with E-state index >= 15 is 0 Å². The van der Waals surface area contributed by atoms with E-state index in [4.69, 9.17) is 33.1 Å². The monoisotopic (exact) mass is 438 g/mol. The van der Waals surface area contributed by atoms with Gasteiger partial charge in [-0.2, -0.15) is 0 Å². The SMILES string of the molecule is COc1cc(-c2nc(CN(C)[C@H](C)c3ccc4c(c3)OCCO4)c(C)o2)cc2c1OCO2. The number of oxazole rings is 1. The third kappa shape index (κ3) is 3.71. The minimum Gasteiger partial charge on any atom is -0.493 e. The molecule has 8 nitrogen and oxygen atoms in total. The maximum Gasteiger partial charge on any atom is 0.231 e. The predicted molar refractivity (Wildman–Crippen MR) is 117 cm³/mol. The molecule has 0 N–H and O–H groups in total. The van der Waals surface area contributed by atoms with Crippen LogP contribution in [0.3, 0.4) is 0 Å². The molecule has 0 amide bonds. The van der Waals surface area contributed by atoms with Crippen LogP contribution in [-0.2, 0) is 6.54 Å². The van der Waals surface area contributed by atoms with E-state index in [2.05, 4.69) is 31.0 Å². The van der Waals surface area contributed by atoms with Crippen molar-refractivity contribution in [1.82, 2.24) is 9.88 Å². The molecule has 5 rings (SSSR count). The molecule has 3 heterocycles. The van der Waals surface area contributed by atoms with E-state index in [0.717, 1.165) is 34.1 Å². The molecule has 0 unspecified atom stereocenters. The number of aryl methyl sites for hydroxylation is 1. The maximum absolute atomic E-state index is 5.99. The number of methoxy groups -OCH3 is 1. The zero-order valence-electron chi connectivity index (χ0n) is 18.6. The van der Waals surface area contributed by atoms with Crippen molar-refractivity contribution < 1.29 is 28.1 Å². The van der Waals surface area contributed by atoms with E-state index in [0.29, 0.717) is 42.9 Å². The van der Waals surface area contributed by atoms with Crippen LogP contribution >= 0.6 is 0 Å². The lowest BCUT2D eigenvalue weighted by molar-refractivity contribution is 0.170. The summed E-state index contributed by atoms with van der Waals surface area (Å²) < 4.78 is 33.8. The summed E-state index contributed by atoms with van der Waals surface area (Å²) in [5.74, 6) is 4.72. The van der Waals surface area contributed by atoms with Gasteiger partial charge in [-0.25, -0.2) is 4.98 Å². The fourth-order valence-electron chi connectivity index (χ4n) is 3.90. The number of hydrogen-bond donors (Lipinski definition) is 0. The summed E-state index contributed by atoms with van der Waals surface area (Å²) in [4.78, 5) is 6.98. The van der Waals surface area contributed by atoms with Crippen LogP contribution in [0, 0.1) is 6.92 Å². The van der Waals surface area contributed by atoms with Crippen molar-refractivity contribution in [2.75, 3.05) is 34.2 Å². The normalized spacial score (nSPS) is 15.2. The number of aromatic nitrogens is 1. The third-order valence-corrected chi connectivity index (χ3v) is 5.91. The number of nitrogens with zero attached hydrogens (tertiary/aromatic N) is 2. The Hall–Kier alpha value is -3.39. The first kappa shape index (κ1) is 20.5. The van der Waals surface area contributed by atoms with E-state index in [1.165, 1.54) is 0 Å². The maximum atomic E-state index is 5.99. The summed E-state index contributed by atoms with van der Waals surface area (Å²) in [5.41, 5.74) is 2.81. The second-order valence-corrected chi connectivity index (χ2v) is 7.93. The number of hydrogen-bond acceptors (Lipinski definition) is 8. The molecule has 3 aromatic rings. The summed E-state index contributed by atoms with van der Waals surface area (Å²) in [7, 11) is 3.67. The minimum absolute atomic E-state index is 0.149. The Bertz CT molecular complexity index is 1140. The highest BCUT2D eigenvalue weighted by atomic mass is 16.7. The number of rotatable bonds is 6. The van der Waals surface area contributed by atoms with Gasteiger partial charge in [0.25, 0.3) is 0 Å². The van der Waals surface area contributed by atoms with E-state index < -0.39 is 0 Å². The summed E-state index contributed by atoms with van der Waals surface area (Å²) in [6.45, 7) is 6.06. The van der Waals surface area contributed by atoms with Crippen molar-refractivity contribution in [2.24, 2.45) is 0 Å². The van der Waals surface area contributed by atoms with E-state index in [9.17, 15) is 0 Å². The van der Waals surface area contributed by atoms with E-state index in [1.807, 2.05) is 25.1 Å². The van der Waals surface area contributed by atoms with Gasteiger partial charge in [-0.1, -0.05) is 6.07 Å². The topological polar surface area (TPSA) is 75.4 Å². The predicted octanol–water partition coefficient (Wildman–Crippen LogP) is 4.35. The van der Waals surface area contributed by atoms with Gasteiger partial charge in [-0.15, -0.1) is 0 Å². The Balaban J connectivity index is 1.35. The van der Waals surface area contributed by atoms with Crippen LogP contribution in [0.25, 0.3) is 11.5 Å². The number of benzene rings is 2. The van der Waals surface area contributed by atoms with Crippen molar-refractivity contribution in [2.45, 2.75) is 26.4 Å². The molecule has 168 valence electrons. The summed E-state index contributed by atoms with van der Waals surface area (Å²) >= 11 is 0. The van der Waals surface area contributed by atoms with Crippen molar-refractivity contribution >= 4 is 0 Å². The first-order chi connectivity index (χ1) is 15.5. The molecular weight excluding hydrogens is 412 g/mol. The largest absolute Gasteiger partial charge is 0.493 e. The Morgan fingerprint density at radius 3 is 2.66 bits per heavy atom. The lowest BCUT2D eigenvalue weighted by atomic mass is 10.1. The highest BCUT2D eigenvalue weighted by Crippen LogP contribution is 2.44. The van der Waals surface area contributed by atoms with Crippen LogP contribution in [0.1, 0.15) is 30.0 Å². The van der Waals surface area contributed by atoms with E-state index in [-0.39, 0.29) is 12.8 Å². The van der Waals surface area contributed by atoms with Gasteiger partial charge in [0.15, 0.2) is 23.0 Å². The first-order valence-electron chi connectivity index (χ1n) is 10.6. The molecule has 1 atom stereocenters. The van der Waals surface area contributed by atoms with E-state index in [1.54, 1.807) is 7.11 Å². The molecule has 0 spiro atoms. The van der Waals surface area contributed by atoms with Gasteiger partial charge in [-0.05, 0) is 50.7 Å². The molecule has 0 saturated heterocycles. The molecule has 1 aromatic heterocycles. The molecule has 2 aliphatic heterocycles. The van der Waals surface area contributed by atoms with Crippen molar-refractivity contribution in [3.8, 4) is 40.2 Å². The van der Waals surface area contributed by atoms with Gasteiger partial charge in [-0.3, -0.25) is 4.90 Å². The second-order valence-electron chi connectivity index (χ2n) is 7.93. The Kier molecular flexibility index (Phi) is 5.30. The molecule has 32 heavy (non-hydrogen) atoms. The van der Waals surface area contributed by atoms with Crippen molar-refractivity contribution in [1.29, 1.82) is 0 Å². The first-order valence-corrected chi connectivity index (χ1v) is 10.6. The van der Waals surface area contributed by atoms with Gasteiger partial charge in [0.1, 0.15) is 19.0 Å². The number of fused-ring (bicyclic) bond motifs is 2. The second kappa shape index (κ2) is 8.27. The van der Waals surface area contributed by atoms with Crippen LogP contribution in [0.5, 0.6) is 28.7 Å². The van der Waals surface area contributed by atoms with Gasteiger partial charge in [0.05, 0.1) is 12.8 Å². The average Bonchev–Trinajstić information content (AvgIpc) is 3.44. The standard InChI is InChI=1S/C24H26N2O6/c1-14(16-5-6-19-20(9-16)29-8-7-28-19)26(3)12-18-15(2)32-24(25-18)17-10-21(27-4)23-22(11-17)30-13-31-23/h5-6,9-11,14H,7-8,12-13H2,1-4H3/t14-/m1/s1. The smallest absolute Gasteiger partial charge is 0.231 e. The van der Waals surface area contributed by atoms with Crippen molar-refractivity contribution in [3.05, 3.63) is 47.3 Å². The molecule has 2 aromatic carbocycles. The molecule has 0 aliphatic carbocycles. The quantitative estimate of drug-likeness (QED) is 0.562. The third-order valence-electron chi connectivity index (χ3n) is 5.91. The number of ether oxygens (including phenoxy) is 5. The zero-order chi connectivity index (χ0) is 22.2. The van der Waals surface area contributed by atoms with Gasteiger partial charge in [0.2, 0.25) is 18.4 Å². The summed E-state index contributed by atoms with van der Waals surface area (Å²) in [6, 6.07) is 9.97. The molecule has 0 saturated carbocycles. The van der Waals surface area contributed by atoms with Gasteiger partial charge < -0.3 is 28.1 Å². The molecular formula is C24H26N2O6. The molecule has 0 radical (unpaired) electrons. The minimum atomic E-state index is 0.149. The fourth-order valence-corrected chi connectivity index (χ4v) is 3.90. The van der Waals surface area contributed by atoms with Crippen molar-refractivity contribution in [3.63, 3.8) is 0 Å². The summed E-state index contributed by atoms with van der Waals surface area (Å²) in [5, 5.41) is 0. The van der Waals surface area contributed by atoms with Crippen LogP contribution in [0.4, 0.5) is 0 Å². The fraction of sp³-hybridized carbons (Fsp3) is 0.375. The Morgan fingerprint density at radius 2 is 1.84 bits per heavy atom. The van der Waals surface area contributed by atoms with Crippen LogP contribution < -0.4 is 23.7 Å². The summed E-state index contributed by atoms with van der Waals surface area (Å²) in [6.07, 6.45) is 0. The van der Waals surface area contributed by atoms with Gasteiger partial charge in [0, 0.05) is 18.2 Å². The van der Waals surface area contributed by atoms with Crippen LogP contribution in [-0.4, -0.2) is 44.0 Å². The lowest BCUT2D eigenvalue weighted by Crippen LogP contribution is -2.23. The average molecular weight is 438 g/mol.